The van der Waals surface area contributed by atoms with Gasteiger partial charge in [-0.3, -0.25) is 14.4 Å². The number of benzene rings is 1. The van der Waals surface area contributed by atoms with Crippen molar-refractivity contribution in [2.45, 2.75) is 31.4 Å². The summed E-state index contributed by atoms with van der Waals surface area (Å²) in [7, 11) is 1.31. The third-order valence-corrected chi connectivity index (χ3v) is 5.15. The quantitative estimate of drug-likeness (QED) is 0.488. The lowest BCUT2D eigenvalue weighted by molar-refractivity contribution is -0.157. The standard InChI is InChI=1S/C18H21NO5/c1-24-18(23)11-8-5-9-12-13(11)16(21)14(17(22)19-12)15(20)10-6-3-2-4-7-10/h2-4,6-7,11-14,16,21H,5,8-9H2,1H3,(H,19,22). The van der Waals surface area contributed by atoms with E-state index in [0.29, 0.717) is 18.4 Å². The second kappa shape index (κ2) is 6.73. The zero-order valence-corrected chi connectivity index (χ0v) is 13.5. The minimum absolute atomic E-state index is 0.301. The number of Topliss-reactive ketones (excluding diaryl/α,β-unsaturated/α-hetero) is 1. The first-order chi connectivity index (χ1) is 11.5. The van der Waals surface area contributed by atoms with Crippen LogP contribution >= 0.6 is 0 Å². The van der Waals surface area contributed by atoms with Crippen molar-refractivity contribution in [3.8, 4) is 0 Å². The molecule has 1 aliphatic carbocycles. The average Bonchev–Trinajstić information content (AvgIpc) is 2.61. The molecule has 2 aliphatic rings. The number of carbonyl (C=O) groups is 3. The van der Waals surface area contributed by atoms with E-state index in [-0.39, 0.29) is 6.04 Å². The fraction of sp³-hybridized carbons (Fsp3) is 0.500. The molecule has 1 saturated carbocycles. The number of esters is 1. The third-order valence-electron chi connectivity index (χ3n) is 5.15. The van der Waals surface area contributed by atoms with E-state index >= 15 is 0 Å². The Morgan fingerprint density at radius 1 is 1.21 bits per heavy atom. The number of amides is 1. The molecule has 128 valence electrons. The van der Waals surface area contributed by atoms with Crippen LogP contribution in [-0.4, -0.2) is 42.0 Å². The lowest BCUT2D eigenvalue weighted by atomic mass is 9.66. The summed E-state index contributed by atoms with van der Waals surface area (Å²) in [5.74, 6) is -3.49. The van der Waals surface area contributed by atoms with Gasteiger partial charge in [0.05, 0.1) is 19.1 Å². The number of aliphatic hydroxyl groups excluding tert-OH is 1. The number of fused-ring (bicyclic) bond motifs is 1. The summed E-state index contributed by atoms with van der Waals surface area (Å²) in [5.41, 5.74) is 0.376. The maximum Gasteiger partial charge on any atom is 0.309 e. The van der Waals surface area contributed by atoms with Gasteiger partial charge in [0, 0.05) is 17.5 Å². The largest absolute Gasteiger partial charge is 0.469 e. The highest BCUT2D eigenvalue weighted by molar-refractivity contribution is 6.11. The minimum atomic E-state index is -1.20. The van der Waals surface area contributed by atoms with E-state index in [4.69, 9.17) is 4.74 Å². The number of rotatable bonds is 3. The molecule has 0 spiro atoms. The van der Waals surface area contributed by atoms with E-state index in [2.05, 4.69) is 5.32 Å². The van der Waals surface area contributed by atoms with Crippen LogP contribution < -0.4 is 5.32 Å². The zero-order valence-electron chi connectivity index (χ0n) is 13.5. The number of ketones is 1. The highest BCUT2D eigenvalue weighted by Gasteiger charge is 2.52. The minimum Gasteiger partial charge on any atom is -0.469 e. The van der Waals surface area contributed by atoms with Gasteiger partial charge in [0.15, 0.2) is 5.78 Å². The number of hydrogen-bond donors (Lipinski definition) is 2. The fourth-order valence-corrected chi connectivity index (χ4v) is 4.00. The van der Waals surface area contributed by atoms with Gasteiger partial charge in [0.25, 0.3) is 0 Å². The van der Waals surface area contributed by atoms with Crippen molar-refractivity contribution in [3.05, 3.63) is 35.9 Å². The summed E-state index contributed by atoms with van der Waals surface area (Å²) in [4.78, 5) is 37.2. The normalized spacial score (nSPS) is 32.4. The molecule has 1 amide bonds. The van der Waals surface area contributed by atoms with Crippen molar-refractivity contribution in [2.75, 3.05) is 7.11 Å². The number of aliphatic hydroxyl groups is 1. The van der Waals surface area contributed by atoms with Crippen molar-refractivity contribution < 1.29 is 24.2 Å². The molecule has 1 aromatic carbocycles. The van der Waals surface area contributed by atoms with Gasteiger partial charge in [-0.2, -0.15) is 0 Å². The summed E-state index contributed by atoms with van der Waals surface area (Å²) in [6, 6.07) is 8.13. The van der Waals surface area contributed by atoms with E-state index in [1.54, 1.807) is 30.3 Å². The molecule has 24 heavy (non-hydrogen) atoms. The van der Waals surface area contributed by atoms with Gasteiger partial charge in [-0.15, -0.1) is 0 Å². The molecule has 6 heteroatoms. The molecule has 5 unspecified atom stereocenters. The molecule has 0 bridgehead atoms. The lowest BCUT2D eigenvalue weighted by Crippen LogP contribution is -2.63. The Morgan fingerprint density at radius 2 is 1.92 bits per heavy atom. The first-order valence-electron chi connectivity index (χ1n) is 8.20. The zero-order chi connectivity index (χ0) is 17.3. The van der Waals surface area contributed by atoms with E-state index in [9.17, 15) is 19.5 Å². The van der Waals surface area contributed by atoms with Crippen LogP contribution in [0, 0.1) is 17.8 Å². The van der Waals surface area contributed by atoms with Gasteiger partial charge in [-0.05, 0) is 12.8 Å². The highest BCUT2D eigenvalue weighted by atomic mass is 16.5. The monoisotopic (exact) mass is 331 g/mol. The first kappa shape index (κ1) is 16.6. The van der Waals surface area contributed by atoms with Crippen LogP contribution in [0.5, 0.6) is 0 Å². The second-order valence-electron chi connectivity index (χ2n) is 6.45. The molecule has 0 radical (unpaired) electrons. The number of methoxy groups -OCH3 is 1. The average molecular weight is 331 g/mol. The van der Waals surface area contributed by atoms with E-state index in [1.807, 2.05) is 0 Å². The summed E-state index contributed by atoms with van der Waals surface area (Å²) in [6.45, 7) is 0. The Bertz CT molecular complexity index is 644. The van der Waals surface area contributed by atoms with Gasteiger partial charge in [-0.25, -0.2) is 0 Å². The molecule has 0 aromatic heterocycles. The van der Waals surface area contributed by atoms with Crippen molar-refractivity contribution in [2.24, 2.45) is 17.8 Å². The molecule has 1 saturated heterocycles. The molecule has 3 rings (SSSR count). The maximum atomic E-state index is 12.7. The van der Waals surface area contributed by atoms with Crippen LogP contribution in [-0.2, 0) is 14.3 Å². The van der Waals surface area contributed by atoms with Crippen LogP contribution in [0.2, 0.25) is 0 Å². The van der Waals surface area contributed by atoms with Gasteiger partial charge >= 0.3 is 5.97 Å². The SMILES string of the molecule is COC(=O)C1CCCC2NC(=O)C(C(=O)c3ccccc3)C(O)C21. The molecule has 6 nitrogen and oxygen atoms in total. The molecular weight excluding hydrogens is 310 g/mol. The molecule has 2 fully saturated rings. The third kappa shape index (κ3) is 2.82. The van der Waals surface area contributed by atoms with Crippen molar-refractivity contribution in [1.82, 2.24) is 5.32 Å². The van der Waals surface area contributed by atoms with Crippen LogP contribution in [0.4, 0.5) is 0 Å². The number of ether oxygens (including phenoxy) is 1. The van der Waals surface area contributed by atoms with E-state index < -0.39 is 41.5 Å². The molecule has 2 N–H and O–H groups in total. The lowest BCUT2D eigenvalue weighted by Gasteiger charge is -2.45. The summed E-state index contributed by atoms with van der Waals surface area (Å²) < 4.78 is 4.85. The van der Waals surface area contributed by atoms with Crippen LogP contribution in [0.3, 0.4) is 0 Å². The fourth-order valence-electron chi connectivity index (χ4n) is 4.00. The number of hydrogen-bond acceptors (Lipinski definition) is 5. The molecule has 1 aromatic rings. The Hall–Kier alpha value is -2.21. The van der Waals surface area contributed by atoms with Crippen molar-refractivity contribution in [1.29, 1.82) is 0 Å². The van der Waals surface area contributed by atoms with Gasteiger partial charge in [0.1, 0.15) is 5.92 Å². The summed E-state index contributed by atoms with van der Waals surface area (Å²) in [6.07, 6.45) is 0.853. The van der Waals surface area contributed by atoms with Crippen LogP contribution in [0.1, 0.15) is 29.6 Å². The Kier molecular flexibility index (Phi) is 4.66. The van der Waals surface area contributed by atoms with E-state index in [1.165, 1.54) is 7.11 Å². The summed E-state index contributed by atoms with van der Waals surface area (Å²) in [5, 5.41) is 13.6. The first-order valence-corrected chi connectivity index (χ1v) is 8.20. The molecule has 1 heterocycles. The van der Waals surface area contributed by atoms with Gasteiger partial charge < -0.3 is 15.2 Å². The molecular formula is C18H21NO5. The van der Waals surface area contributed by atoms with Gasteiger partial charge in [-0.1, -0.05) is 36.8 Å². The number of nitrogens with one attached hydrogen (secondary N) is 1. The number of piperidine rings is 1. The van der Waals surface area contributed by atoms with Gasteiger partial charge in [0.2, 0.25) is 5.91 Å². The Morgan fingerprint density at radius 3 is 2.58 bits per heavy atom. The predicted molar refractivity (Wildman–Crippen MR) is 85.0 cm³/mol. The Labute approximate surface area is 140 Å². The smallest absolute Gasteiger partial charge is 0.309 e. The summed E-state index contributed by atoms with van der Waals surface area (Å²) >= 11 is 0. The van der Waals surface area contributed by atoms with E-state index in [0.717, 1.165) is 6.42 Å². The van der Waals surface area contributed by atoms with Crippen LogP contribution in [0.25, 0.3) is 0 Å². The van der Waals surface area contributed by atoms with Crippen LogP contribution in [0.15, 0.2) is 30.3 Å². The molecule has 1 aliphatic heterocycles. The maximum absolute atomic E-state index is 12.7. The van der Waals surface area contributed by atoms with Crippen molar-refractivity contribution >= 4 is 17.7 Å². The second-order valence-corrected chi connectivity index (χ2v) is 6.45. The Balaban J connectivity index is 1.90. The number of carbonyl (C=O) groups excluding carboxylic acids is 3. The van der Waals surface area contributed by atoms with Crippen molar-refractivity contribution in [3.63, 3.8) is 0 Å². The predicted octanol–water partition coefficient (Wildman–Crippen LogP) is 0.934. The highest BCUT2D eigenvalue weighted by Crippen LogP contribution is 2.39. The topological polar surface area (TPSA) is 92.7 Å². The molecule has 5 atom stereocenters.